The van der Waals surface area contributed by atoms with Gasteiger partial charge in [0.05, 0.1) is 0 Å². The minimum atomic E-state index is -0.220. The standard InChI is InChI=1S/C15H20N2O4/c18-10-2-8-16-14(19)11-21-13-6-4-12(5-7-13)17-9-1-3-15(17)20/h4-7,18H,1-3,8-11H2,(H,16,19). The number of carbonyl (C=O) groups is 2. The molecule has 0 aromatic heterocycles. The number of anilines is 1. The van der Waals surface area contributed by atoms with E-state index in [1.54, 1.807) is 17.0 Å². The lowest BCUT2D eigenvalue weighted by Crippen LogP contribution is -2.30. The Labute approximate surface area is 123 Å². The Balaban J connectivity index is 1.80. The Morgan fingerprint density at radius 3 is 2.71 bits per heavy atom. The summed E-state index contributed by atoms with van der Waals surface area (Å²) < 4.78 is 5.36. The van der Waals surface area contributed by atoms with Crippen LogP contribution >= 0.6 is 0 Å². The van der Waals surface area contributed by atoms with Gasteiger partial charge in [-0.1, -0.05) is 0 Å². The van der Waals surface area contributed by atoms with Crippen molar-refractivity contribution in [1.29, 1.82) is 0 Å². The molecule has 1 fully saturated rings. The highest BCUT2D eigenvalue weighted by Crippen LogP contribution is 2.23. The number of rotatable bonds is 7. The van der Waals surface area contributed by atoms with Crippen LogP contribution in [0, 0.1) is 0 Å². The predicted octanol–water partition coefficient (Wildman–Crippen LogP) is 0.691. The third-order valence-electron chi connectivity index (χ3n) is 3.25. The zero-order chi connectivity index (χ0) is 15.1. The lowest BCUT2D eigenvalue weighted by molar-refractivity contribution is -0.123. The molecule has 21 heavy (non-hydrogen) atoms. The van der Waals surface area contributed by atoms with Crippen LogP contribution in [0.2, 0.25) is 0 Å². The molecule has 6 nitrogen and oxygen atoms in total. The average Bonchev–Trinajstić information content (AvgIpc) is 2.92. The minimum absolute atomic E-state index is 0.0534. The van der Waals surface area contributed by atoms with Gasteiger partial charge in [-0.2, -0.15) is 0 Å². The van der Waals surface area contributed by atoms with Crippen molar-refractivity contribution in [2.45, 2.75) is 19.3 Å². The second-order valence-corrected chi connectivity index (χ2v) is 4.86. The summed E-state index contributed by atoms with van der Waals surface area (Å²) in [5.41, 5.74) is 0.859. The fraction of sp³-hybridized carbons (Fsp3) is 0.467. The van der Waals surface area contributed by atoms with Crippen LogP contribution < -0.4 is 15.0 Å². The summed E-state index contributed by atoms with van der Waals surface area (Å²) in [6, 6.07) is 7.15. The maximum absolute atomic E-state index is 11.6. The summed E-state index contributed by atoms with van der Waals surface area (Å²) in [6.07, 6.45) is 2.03. The Morgan fingerprint density at radius 1 is 1.33 bits per heavy atom. The van der Waals surface area contributed by atoms with Gasteiger partial charge in [-0.3, -0.25) is 9.59 Å². The lowest BCUT2D eigenvalue weighted by Gasteiger charge is -2.16. The topological polar surface area (TPSA) is 78.9 Å². The number of nitrogens with one attached hydrogen (secondary N) is 1. The molecule has 1 saturated heterocycles. The molecule has 0 aliphatic carbocycles. The third-order valence-corrected chi connectivity index (χ3v) is 3.25. The first kappa shape index (κ1) is 15.3. The molecular formula is C15H20N2O4. The van der Waals surface area contributed by atoms with Gasteiger partial charge in [0.15, 0.2) is 6.61 Å². The molecule has 0 bridgehead atoms. The highest BCUT2D eigenvalue weighted by atomic mass is 16.5. The molecule has 1 aliphatic heterocycles. The quantitative estimate of drug-likeness (QED) is 0.725. The van der Waals surface area contributed by atoms with Crippen LogP contribution in [0.25, 0.3) is 0 Å². The summed E-state index contributed by atoms with van der Waals surface area (Å²) in [6.45, 7) is 1.19. The molecule has 2 amide bonds. The molecule has 1 aliphatic rings. The smallest absolute Gasteiger partial charge is 0.257 e. The van der Waals surface area contributed by atoms with E-state index in [0.717, 1.165) is 18.7 Å². The molecule has 0 saturated carbocycles. The second-order valence-electron chi connectivity index (χ2n) is 4.86. The number of aliphatic hydroxyl groups excluding tert-OH is 1. The van der Waals surface area contributed by atoms with Crippen molar-refractivity contribution >= 4 is 17.5 Å². The normalized spacial score (nSPS) is 14.3. The van der Waals surface area contributed by atoms with Crippen LogP contribution in [0.3, 0.4) is 0 Å². The van der Waals surface area contributed by atoms with E-state index in [-0.39, 0.29) is 25.0 Å². The summed E-state index contributed by atoms with van der Waals surface area (Å²) in [5.74, 6) is 0.511. The van der Waals surface area contributed by atoms with E-state index in [1.807, 2.05) is 12.1 Å². The van der Waals surface area contributed by atoms with Crippen LogP contribution in [0.15, 0.2) is 24.3 Å². The number of benzene rings is 1. The van der Waals surface area contributed by atoms with Gasteiger partial charge in [0.1, 0.15) is 5.75 Å². The summed E-state index contributed by atoms with van der Waals surface area (Å²) >= 11 is 0. The number of nitrogens with zero attached hydrogens (tertiary/aromatic N) is 1. The Hall–Kier alpha value is -2.08. The Bertz CT molecular complexity index is 487. The van der Waals surface area contributed by atoms with Crippen molar-refractivity contribution in [1.82, 2.24) is 5.32 Å². The van der Waals surface area contributed by atoms with E-state index in [4.69, 9.17) is 9.84 Å². The highest BCUT2D eigenvalue weighted by Gasteiger charge is 2.21. The van der Waals surface area contributed by atoms with Crippen LogP contribution in [0.1, 0.15) is 19.3 Å². The van der Waals surface area contributed by atoms with Crippen molar-refractivity contribution < 1.29 is 19.4 Å². The monoisotopic (exact) mass is 292 g/mol. The van der Waals surface area contributed by atoms with E-state index in [0.29, 0.717) is 25.1 Å². The largest absolute Gasteiger partial charge is 0.484 e. The molecule has 1 heterocycles. The van der Waals surface area contributed by atoms with E-state index in [1.165, 1.54) is 0 Å². The third kappa shape index (κ3) is 4.46. The van der Waals surface area contributed by atoms with Crippen LogP contribution in [0.4, 0.5) is 5.69 Å². The number of aliphatic hydroxyl groups is 1. The van der Waals surface area contributed by atoms with Crippen molar-refractivity contribution in [2.24, 2.45) is 0 Å². The molecule has 2 rings (SSSR count). The average molecular weight is 292 g/mol. The van der Waals surface area contributed by atoms with Crippen LogP contribution in [-0.2, 0) is 9.59 Å². The minimum Gasteiger partial charge on any atom is -0.484 e. The van der Waals surface area contributed by atoms with Crippen LogP contribution in [-0.4, -0.2) is 43.2 Å². The van der Waals surface area contributed by atoms with E-state index >= 15 is 0 Å². The number of carbonyl (C=O) groups excluding carboxylic acids is 2. The maximum atomic E-state index is 11.6. The number of ether oxygens (including phenoxy) is 1. The zero-order valence-electron chi connectivity index (χ0n) is 11.9. The van der Waals surface area contributed by atoms with Gasteiger partial charge in [0.2, 0.25) is 5.91 Å². The van der Waals surface area contributed by atoms with Crippen LogP contribution in [0.5, 0.6) is 5.75 Å². The van der Waals surface area contributed by atoms with Gasteiger partial charge in [0.25, 0.3) is 5.91 Å². The van der Waals surface area contributed by atoms with Gasteiger partial charge in [-0.15, -0.1) is 0 Å². The van der Waals surface area contributed by atoms with Gasteiger partial charge < -0.3 is 20.1 Å². The van der Waals surface area contributed by atoms with E-state index in [9.17, 15) is 9.59 Å². The first-order valence-corrected chi connectivity index (χ1v) is 7.11. The van der Waals surface area contributed by atoms with Gasteiger partial charge in [-0.05, 0) is 37.1 Å². The lowest BCUT2D eigenvalue weighted by atomic mass is 10.3. The molecule has 1 aromatic rings. The summed E-state index contributed by atoms with van der Waals surface area (Å²) in [5, 5.41) is 11.3. The number of hydrogen-bond acceptors (Lipinski definition) is 4. The fourth-order valence-electron chi connectivity index (χ4n) is 2.15. The van der Waals surface area contributed by atoms with Crippen molar-refractivity contribution in [3.63, 3.8) is 0 Å². The molecular weight excluding hydrogens is 272 g/mol. The van der Waals surface area contributed by atoms with Crippen molar-refractivity contribution in [3.8, 4) is 5.75 Å². The molecule has 2 N–H and O–H groups in total. The maximum Gasteiger partial charge on any atom is 0.257 e. The molecule has 0 radical (unpaired) electrons. The van der Waals surface area contributed by atoms with Gasteiger partial charge in [-0.25, -0.2) is 0 Å². The Kier molecular flexibility index (Phi) is 5.57. The van der Waals surface area contributed by atoms with Crippen molar-refractivity contribution in [3.05, 3.63) is 24.3 Å². The second kappa shape index (κ2) is 7.64. The van der Waals surface area contributed by atoms with E-state index in [2.05, 4.69) is 5.32 Å². The zero-order valence-corrected chi connectivity index (χ0v) is 11.9. The van der Waals surface area contributed by atoms with Crippen molar-refractivity contribution in [2.75, 3.05) is 31.2 Å². The molecule has 6 heteroatoms. The first-order valence-electron chi connectivity index (χ1n) is 7.11. The molecule has 114 valence electrons. The Morgan fingerprint density at radius 2 is 2.10 bits per heavy atom. The molecule has 0 spiro atoms. The van der Waals surface area contributed by atoms with Gasteiger partial charge >= 0.3 is 0 Å². The van der Waals surface area contributed by atoms with E-state index < -0.39 is 0 Å². The molecule has 1 aromatic carbocycles. The molecule has 0 unspecified atom stereocenters. The highest BCUT2D eigenvalue weighted by molar-refractivity contribution is 5.95. The molecule has 0 atom stereocenters. The summed E-state index contributed by atoms with van der Waals surface area (Å²) in [7, 11) is 0. The summed E-state index contributed by atoms with van der Waals surface area (Å²) in [4.78, 5) is 24.8. The first-order chi connectivity index (χ1) is 10.2. The SMILES string of the molecule is O=C(COc1ccc(N2CCCC2=O)cc1)NCCCO. The fourth-order valence-corrected chi connectivity index (χ4v) is 2.15. The predicted molar refractivity (Wildman–Crippen MR) is 78.2 cm³/mol. The number of hydrogen-bond donors (Lipinski definition) is 2. The van der Waals surface area contributed by atoms with Gasteiger partial charge in [0, 0.05) is 31.8 Å². The number of amides is 2.